The van der Waals surface area contributed by atoms with Crippen molar-refractivity contribution >= 4 is 12.0 Å². The first-order valence-electron chi connectivity index (χ1n) is 7.58. The van der Waals surface area contributed by atoms with Crippen molar-refractivity contribution in [3.8, 4) is 0 Å². The molecule has 0 saturated carbocycles. The summed E-state index contributed by atoms with van der Waals surface area (Å²) in [7, 11) is 0. The van der Waals surface area contributed by atoms with E-state index in [4.69, 9.17) is 0 Å². The summed E-state index contributed by atoms with van der Waals surface area (Å²) in [5.41, 5.74) is -1.19. The number of unbranched alkanes of at least 4 members (excludes halogenated alkanes) is 3. The number of urea groups is 1. The van der Waals surface area contributed by atoms with Gasteiger partial charge in [0.05, 0.1) is 0 Å². The van der Waals surface area contributed by atoms with E-state index in [9.17, 15) is 14.7 Å². The first kappa shape index (κ1) is 18.7. The van der Waals surface area contributed by atoms with Crippen molar-refractivity contribution in [3.63, 3.8) is 0 Å². The summed E-state index contributed by atoms with van der Waals surface area (Å²) in [6.45, 7) is 9.38. The molecule has 0 radical (unpaired) electrons. The minimum Gasteiger partial charge on any atom is -0.480 e. The van der Waals surface area contributed by atoms with Gasteiger partial charge in [0.1, 0.15) is 5.54 Å². The Bertz CT molecular complexity index is 316. The zero-order valence-electron chi connectivity index (χ0n) is 13.5. The maximum Gasteiger partial charge on any atom is 0.329 e. The second-order valence-electron chi connectivity index (χ2n) is 5.81. The fraction of sp³-hybridized carbons (Fsp3) is 0.867. The molecular formula is C15H30N2O3. The van der Waals surface area contributed by atoms with E-state index >= 15 is 0 Å². The number of hydrogen-bond acceptors (Lipinski definition) is 2. The molecule has 0 heterocycles. The van der Waals surface area contributed by atoms with E-state index in [2.05, 4.69) is 12.2 Å². The number of nitrogens with zero attached hydrogens (tertiary/aromatic N) is 1. The van der Waals surface area contributed by atoms with Gasteiger partial charge in [-0.2, -0.15) is 0 Å². The molecule has 0 aromatic heterocycles. The fourth-order valence-corrected chi connectivity index (χ4v) is 2.15. The van der Waals surface area contributed by atoms with Gasteiger partial charge in [0.2, 0.25) is 0 Å². The van der Waals surface area contributed by atoms with Crippen LogP contribution < -0.4 is 5.32 Å². The van der Waals surface area contributed by atoms with Crippen molar-refractivity contribution in [2.45, 2.75) is 78.3 Å². The van der Waals surface area contributed by atoms with Crippen LogP contribution in [0.15, 0.2) is 0 Å². The number of carboxylic acid groups (broad SMARTS) is 1. The molecule has 20 heavy (non-hydrogen) atoms. The van der Waals surface area contributed by atoms with Crippen LogP contribution in [0.25, 0.3) is 0 Å². The number of rotatable bonds is 9. The largest absolute Gasteiger partial charge is 0.480 e. The lowest BCUT2D eigenvalue weighted by molar-refractivity contribution is -0.147. The molecule has 0 fully saturated rings. The molecule has 2 amide bonds. The number of carbonyl (C=O) groups excluding carboxylic acids is 1. The minimum atomic E-state index is -1.19. The third-order valence-corrected chi connectivity index (χ3v) is 3.62. The molecule has 0 aliphatic heterocycles. The molecule has 0 rings (SSSR count). The van der Waals surface area contributed by atoms with Crippen LogP contribution in [0.4, 0.5) is 4.79 Å². The average Bonchev–Trinajstić information content (AvgIpc) is 2.34. The molecule has 5 heteroatoms. The van der Waals surface area contributed by atoms with Crippen LogP contribution in [0.1, 0.15) is 66.7 Å². The number of nitrogens with one attached hydrogen (secondary N) is 1. The molecule has 5 nitrogen and oxygen atoms in total. The Morgan fingerprint density at radius 1 is 1.20 bits per heavy atom. The molecular weight excluding hydrogens is 256 g/mol. The Hall–Kier alpha value is -1.26. The summed E-state index contributed by atoms with van der Waals surface area (Å²) in [6, 6.07) is -0.235. The summed E-state index contributed by atoms with van der Waals surface area (Å²) < 4.78 is 0. The molecule has 0 bridgehead atoms. The number of amides is 2. The van der Waals surface area contributed by atoms with Crippen LogP contribution in [0.3, 0.4) is 0 Å². The van der Waals surface area contributed by atoms with Gasteiger partial charge in [-0.1, -0.05) is 32.6 Å². The highest BCUT2D eigenvalue weighted by Crippen LogP contribution is 2.15. The lowest BCUT2D eigenvalue weighted by Crippen LogP contribution is -2.57. The van der Waals surface area contributed by atoms with Crippen molar-refractivity contribution < 1.29 is 14.7 Å². The topological polar surface area (TPSA) is 69.6 Å². The monoisotopic (exact) mass is 286 g/mol. The second-order valence-corrected chi connectivity index (χ2v) is 5.81. The lowest BCUT2D eigenvalue weighted by atomic mass is 10.0. The summed E-state index contributed by atoms with van der Waals surface area (Å²) in [6.07, 6.45) is 5.60. The van der Waals surface area contributed by atoms with Gasteiger partial charge in [-0.15, -0.1) is 0 Å². The van der Waals surface area contributed by atoms with Gasteiger partial charge in [0.25, 0.3) is 0 Å². The van der Waals surface area contributed by atoms with Crippen LogP contribution in [0, 0.1) is 0 Å². The van der Waals surface area contributed by atoms with Crippen molar-refractivity contribution in [2.24, 2.45) is 0 Å². The van der Waals surface area contributed by atoms with Crippen LogP contribution in [-0.4, -0.2) is 40.1 Å². The summed E-state index contributed by atoms with van der Waals surface area (Å²) in [5, 5.41) is 12.1. The fourth-order valence-electron chi connectivity index (χ4n) is 2.15. The van der Waals surface area contributed by atoms with E-state index in [1.54, 1.807) is 20.8 Å². The van der Waals surface area contributed by atoms with Crippen LogP contribution in [-0.2, 0) is 4.79 Å². The normalized spacial score (nSPS) is 12.8. The maximum absolute atomic E-state index is 12.2. The number of aliphatic carboxylic acids is 1. The van der Waals surface area contributed by atoms with E-state index in [1.807, 2.05) is 6.92 Å². The molecule has 118 valence electrons. The van der Waals surface area contributed by atoms with E-state index in [1.165, 1.54) is 24.2 Å². The van der Waals surface area contributed by atoms with Gasteiger partial charge in [-0.25, -0.2) is 9.59 Å². The molecule has 1 unspecified atom stereocenters. The van der Waals surface area contributed by atoms with Crippen molar-refractivity contribution in [1.29, 1.82) is 0 Å². The SMILES string of the molecule is CCCCCCC(C)NC(=O)N(CC)C(C)(C)C(=O)O. The number of likely N-dealkylation sites (N-methyl/N-ethyl adjacent to an activating group) is 1. The van der Waals surface area contributed by atoms with Crippen LogP contribution >= 0.6 is 0 Å². The quantitative estimate of drug-likeness (QED) is 0.639. The first-order valence-corrected chi connectivity index (χ1v) is 7.58. The molecule has 1 atom stereocenters. The Balaban J connectivity index is 4.38. The molecule has 0 aromatic carbocycles. The zero-order valence-corrected chi connectivity index (χ0v) is 13.5. The van der Waals surface area contributed by atoms with Gasteiger partial charge in [0.15, 0.2) is 0 Å². The van der Waals surface area contributed by atoms with Gasteiger partial charge in [-0.05, 0) is 34.1 Å². The molecule has 0 saturated heterocycles. The van der Waals surface area contributed by atoms with Crippen molar-refractivity contribution in [1.82, 2.24) is 10.2 Å². The zero-order chi connectivity index (χ0) is 15.8. The highest BCUT2D eigenvalue weighted by atomic mass is 16.4. The van der Waals surface area contributed by atoms with E-state index < -0.39 is 11.5 Å². The van der Waals surface area contributed by atoms with Gasteiger partial charge in [-0.3, -0.25) is 0 Å². The van der Waals surface area contributed by atoms with Crippen LogP contribution in [0.2, 0.25) is 0 Å². The Morgan fingerprint density at radius 3 is 2.25 bits per heavy atom. The average molecular weight is 286 g/mol. The smallest absolute Gasteiger partial charge is 0.329 e. The maximum atomic E-state index is 12.2. The molecule has 0 aliphatic carbocycles. The number of carbonyl (C=O) groups is 2. The van der Waals surface area contributed by atoms with Gasteiger partial charge in [0, 0.05) is 12.6 Å². The minimum absolute atomic E-state index is 0.0676. The highest BCUT2D eigenvalue weighted by molar-refractivity contribution is 5.85. The Morgan fingerprint density at radius 2 is 1.80 bits per heavy atom. The van der Waals surface area contributed by atoms with Gasteiger partial charge >= 0.3 is 12.0 Å². The van der Waals surface area contributed by atoms with Crippen LogP contribution in [0.5, 0.6) is 0 Å². The first-order chi connectivity index (χ1) is 9.27. The number of carboxylic acids is 1. The Labute approximate surface area is 122 Å². The molecule has 0 aromatic rings. The third-order valence-electron chi connectivity index (χ3n) is 3.62. The van der Waals surface area contributed by atoms with E-state index in [0.717, 1.165) is 12.8 Å². The van der Waals surface area contributed by atoms with Crippen molar-refractivity contribution in [2.75, 3.05) is 6.54 Å². The second kappa shape index (κ2) is 8.82. The summed E-state index contributed by atoms with van der Waals surface area (Å²) in [4.78, 5) is 24.8. The summed E-state index contributed by atoms with van der Waals surface area (Å²) in [5.74, 6) is -0.995. The third kappa shape index (κ3) is 5.80. The van der Waals surface area contributed by atoms with Crippen molar-refractivity contribution in [3.05, 3.63) is 0 Å². The van der Waals surface area contributed by atoms with E-state index in [-0.39, 0.29) is 12.1 Å². The Kier molecular flexibility index (Phi) is 8.26. The highest BCUT2D eigenvalue weighted by Gasteiger charge is 2.37. The van der Waals surface area contributed by atoms with E-state index in [0.29, 0.717) is 6.54 Å². The lowest BCUT2D eigenvalue weighted by Gasteiger charge is -2.35. The summed E-state index contributed by atoms with van der Waals surface area (Å²) >= 11 is 0. The molecule has 2 N–H and O–H groups in total. The predicted octanol–water partition coefficient (Wildman–Crippen LogP) is 3.24. The molecule has 0 spiro atoms. The van der Waals surface area contributed by atoms with Gasteiger partial charge < -0.3 is 15.3 Å². The predicted molar refractivity (Wildman–Crippen MR) is 80.8 cm³/mol. The number of hydrogen-bond donors (Lipinski definition) is 2. The molecule has 0 aliphatic rings. The standard InChI is InChI=1S/C15H30N2O3/c1-6-8-9-10-11-12(3)16-14(20)17(7-2)15(4,5)13(18)19/h12H,6-11H2,1-5H3,(H,16,20)(H,18,19).